The SMILES string of the molecule is CC(=O)C(=O)[C@H](Cc1ccccc1)NS(=O)(=O)Cc1ccccc1. The highest BCUT2D eigenvalue weighted by Gasteiger charge is 2.27. The molecule has 1 N–H and O–H groups in total. The van der Waals surface area contributed by atoms with Crippen LogP contribution in [0.25, 0.3) is 0 Å². The number of hydrogen-bond acceptors (Lipinski definition) is 4. The molecule has 0 saturated heterocycles. The van der Waals surface area contributed by atoms with Gasteiger partial charge >= 0.3 is 0 Å². The van der Waals surface area contributed by atoms with Crippen molar-refractivity contribution in [2.24, 2.45) is 0 Å². The zero-order chi connectivity index (χ0) is 17.6. The normalized spacial score (nSPS) is 12.5. The maximum Gasteiger partial charge on any atom is 0.216 e. The molecule has 0 aliphatic rings. The Labute approximate surface area is 141 Å². The maximum absolute atomic E-state index is 12.4. The summed E-state index contributed by atoms with van der Waals surface area (Å²) in [5, 5.41) is 0. The van der Waals surface area contributed by atoms with E-state index in [1.165, 1.54) is 0 Å². The van der Waals surface area contributed by atoms with Crippen LogP contribution in [-0.2, 0) is 31.8 Å². The van der Waals surface area contributed by atoms with Crippen LogP contribution in [0.15, 0.2) is 60.7 Å². The van der Waals surface area contributed by atoms with Crippen molar-refractivity contribution >= 4 is 21.6 Å². The minimum absolute atomic E-state index is 0.132. The molecule has 0 spiro atoms. The first-order chi connectivity index (χ1) is 11.4. The average Bonchev–Trinajstić information content (AvgIpc) is 2.54. The monoisotopic (exact) mass is 345 g/mol. The summed E-state index contributed by atoms with van der Waals surface area (Å²) in [7, 11) is -3.76. The molecule has 2 aromatic carbocycles. The number of hydrogen-bond donors (Lipinski definition) is 1. The molecule has 2 aromatic rings. The number of rotatable bonds is 8. The second kappa shape index (κ2) is 7.99. The van der Waals surface area contributed by atoms with Gasteiger partial charge in [-0.1, -0.05) is 60.7 Å². The standard InChI is InChI=1S/C18H19NO4S/c1-14(20)18(21)17(12-15-8-4-2-5-9-15)19-24(22,23)13-16-10-6-3-7-11-16/h2-11,17,19H,12-13H2,1H3/t17-/m0/s1. The molecule has 0 aliphatic carbocycles. The molecule has 5 nitrogen and oxygen atoms in total. The molecule has 0 amide bonds. The molecule has 0 aliphatic heterocycles. The van der Waals surface area contributed by atoms with Gasteiger partial charge in [-0.25, -0.2) is 13.1 Å². The lowest BCUT2D eigenvalue weighted by Gasteiger charge is -2.17. The molecule has 0 fully saturated rings. The van der Waals surface area contributed by atoms with Crippen LogP contribution >= 0.6 is 0 Å². The minimum Gasteiger partial charge on any atom is -0.291 e. The first kappa shape index (κ1) is 18.0. The van der Waals surface area contributed by atoms with E-state index in [-0.39, 0.29) is 12.2 Å². The number of benzene rings is 2. The van der Waals surface area contributed by atoms with Crippen molar-refractivity contribution in [2.75, 3.05) is 0 Å². The summed E-state index contributed by atoms with van der Waals surface area (Å²) < 4.78 is 27.1. The van der Waals surface area contributed by atoms with Crippen molar-refractivity contribution in [1.29, 1.82) is 0 Å². The molecular formula is C18H19NO4S. The van der Waals surface area contributed by atoms with Crippen molar-refractivity contribution in [3.63, 3.8) is 0 Å². The summed E-state index contributed by atoms with van der Waals surface area (Å²) in [6.45, 7) is 1.14. The average molecular weight is 345 g/mol. The third-order valence-electron chi connectivity index (χ3n) is 3.47. The number of Topliss-reactive ketones (excluding diaryl/α,β-unsaturated/α-hetero) is 2. The Hall–Kier alpha value is -2.31. The van der Waals surface area contributed by atoms with E-state index in [1.807, 2.05) is 6.07 Å². The van der Waals surface area contributed by atoms with Gasteiger partial charge in [-0.2, -0.15) is 0 Å². The van der Waals surface area contributed by atoms with Crippen LogP contribution in [0.3, 0.4) is 0 Å². The molecule has 2 rings (SSSR count). The molecule has 0 heterocycles. The molecular weight excluding hydrogens is 326 g/mol. The van der Waals surface area contributed by atoms with Gasteiger partial charge in [0.15, 0.2) is 5.78 Å². The van der Waals surface area contributed by atoms with E-state index in [0.717, 1.165) is 12.5 Å². The smallest absolute Gasteiger partial charge is 0.216 e. The number of ketones is 2. The number of carbonyl (C=O) groups is 2. The van der Waals surface area contributed by atoms with Crippen LogP contribution in [0.1, 0.15) is 18.1 Å². The Morgan fingerprint density at radius 2 is 1.42 bits per heavy atom. The van der Waals surface area contributed by atoms with Crippen LogP contribution in [0.4, 0.5) is 0 Å². The van der Waals surface area contributed by atoms with Gasteiger partial charge in [0, 0.05) is 6.92 Å². The lowest BCUT2D eigenvalue weighted by Crippen LogP contribution is -2.45. The van der Waals surface area contributed by atoms with Crippen molar-refractivity contribution < 1.29 is 18.0 Å². The summed E-state index contributed by atoms with van der Waals surface area (Å²) in [4.78, 5) is 23.5. The molecule has 0 saturated carbocycles. The van der Waals surface area contributed by atoms with Crippen LogP contribution in [-0.4, -0.2) is 26.0 Å². The van der Waals surface area contributed by atoms with Gasteiger partial charge in [0.2, 0.25) is 15.8 Å². The Bertz CT molecular complexity index is 801. The Kier molecular flexibility index (Phi) is 6.00. The van der Waals surface area contributed by atoms with E-state index in [4.69, 9.17) is 0 Å². The zero-order valence-corrected chi connectivity index (χ0v) is 14.1. The van der Waals surface area contributed by atoms with Gasteiger partial charge in [0.25, 0.3) is 0 Å². The molecule has 0 aromatic heterocycles. The highest BCUT2D eigenvalue weighted by molar-refractivity contribution is 7.88. The quantitative estimate of drug-likeness (QED) is 0.741. The van der Waals surface area contributed by atoms with Gasteiger partial charge in [-0.05, 0) is 17.5 Å². The lowest BCUT2D eigenvalue weighted by atomic mass is 10.0. The van der Waals surface area contributed by atoms with Gasteiger partial charge in [0.05, 0.1) is 11.8 Å². The predicted molar refractivity (Wildman–Crippen MR) is 91.8 cm³/mol. The molecule has 126 valence electrons. The Balaban J connectivity index is 2.17. The van der Waals surface area contributed by atoms with E-state index < -0.39 is 27.6 Å². The minimum atomic E-state index is -3.76. The topological polar surface area (TPSA) is 80.3 Å². The molecule has 24 heavy (non-hydrogen) atoms. The summed E-state index contributed by atoms with van der Waals surface area (Å²) in [6.07, 6.45) is 0.132. The van der Waals surface area contributed by atoms with E-state index in [1.54, 1.807) is 54.6 Å². The number of sulfonamides is 1. The first-order valence-electron chi connectivity index (χ1n) is 7.50. The molecule has 0 unspecified atom stereocenters. The second-order valence-electron chi connectivity index (χ2n) is 5.53. The van der Waals surface area contributed by atoms with Gasteiger partial charge < -0.3 is 0 Å². The molecule has 0 bridgehead atoms. The Morgan fingerprint density at radius 1 is 0.917 bits per heavy atom. The van der Waals surface area contributed by atoms with Crippen LogP contribution in [0, 0.1) is 0 Å². The third-order valence-corrected chi connectivity index (χ3v) is 4.82. The second-order valence-corrected chi connectivity index (χ2v) is 7.28. The highest BCUT2D eigenvalue weighted by Crippen LogP contribution is 2.09. The van der Waals surface area contributed by atoms with E-state index in [0.29, 0.717) is 5.56 Å². The summed E-state index contributed by atoms with van der Waals surface area (Å²) >= 11 is 0. The largest absolute Gasteiger partial charge is 0.291 e. The van der Waals surface area contributed by atoms with E-state index in [9.17, 15) is 18.0 Å². The van der Waals surface area contributed by atoms with Crippen LogP contribution in [0.2, 0.25) is 0 Å². The summed E-state index contributed by atoms with van der Waals surface area (Å²) in [5.41, 5.74) is 1.39. The highest BCUT2D eigenvalue weighted by atomic mass is 32.2. The van der Waals surface area contributed by atoms with Crippen molar-refractivity contribution in [3.05, 3.63) is 71.8 Å². The van der Waals surface area contributed by atoms with Crippen LogP contribution in [0.5, 0.6) is 0 Å². The van der Waals surface area contributed by atoms with Crippen LogP contribution < -0.4 is 4.72 Å². The van der Waals surface area contributed by atoms with Gasteiger partial charge in [-0.3, -0.25) is 9.59 Å². The summed E-state index contributed by atoms with van der Waals surface area (Å²) in [5.74, 6) is -1.65. The lowest BCUT2D eigenvalue weighted by molar-refractivity contribution is -0.136. The fourth-order valence-electron chi connectivity index (χ4n) is 2.34. The predicted octanol–water partition coefficient (Wildman–Crippen LogP) is 1.88. The maximum atomic E-state index is 12.4. The number of carbonyl (C=O) groups excluding carboxylic acids is 2. The molecule has 1 atom stereocenters. The molecule has 6 heteroatoms. The fraction of sp³-hybridized carbons (Fsp3) is 0.222. The van der Waals surface area contributed by atoms with Crippen molar-refractivity contribution in [1.82, 2.24) is 4.72 Å². The fourth-order valence-corrected chi connectivity index (χ4v) is 3.67. The number of nitrogens with one attached hydrogen (secondary N) is 1. The van der Waals surface area contributed by atoms with E-state index >= 15 is 0 Å². The Morgan fingerprint density at radius 3 is 1.92 bits per heavy atom. The van der Waals surface area contributed by atoms with E-state index in [2.05, 4.69) is 4.72 Å². The first-order valence-corrected chi connectivity index (χ1v) is 9.15. The zero-order valence-electron chi connectivity index (χ0n) is 13.3. The summed E-state index contributed by atoms with van der Waals surface area (Å²) in [6, 6.07) is 16.5. The van der Waals surface area contributed by atoms with Gasteiger partial charge in [0.1, 0.15) is 0 Å². The third kappa shape index (κ3) is 5.40. The molecule has 0 radical (unpaired) electrons. The van der Waals surface area contributed by atoms with Gasteiger partial charge in [-0.15, -0.1) is 0 Å². The van der Waals surface area contributed by atoms with Crippen molar-refractivity contribution in [2.45, 2.75) is 25.1 Å². The van der Waals surface area contributed by atoms with Crippen molar-refractivity contribution in [3.8, 4) is 0 Å².